The van der Waals surface area contributed by atoms with Crippen LogP contribution in [0.15, 0.2) is 36.4 Å². The summed E-state index contributed by atoms with van der Waals surface area (Å²) in [6, 6.07) is 5.27. The van der Waals surface area contributed by atoms with Crippen LogP contribution in [0.1, 0.15) is 15.9 Å². The highest BCUT2D eigenvalue weighted by atomic mass is 35.5. The fourth-order valence-electron chi connectivity index (χ4n) is 1.80. The Morgan fingerprint density at radius 1 is 1.20 bits per heavy atom. The van der Waals surface area contributed by atoms with Gasteiger partial charge < -0.3 is 9.84 Å². The van der Waals surface area contributed by atoms with E-state index in [1.165, 1.54) is 0 Å². The van der Waals surface area contributed by atoms with Gasteiger partial charge in [0.15, 0.2) is 0 Å². The highest BCUT2D eigenvalue weighted by Crippen LogP contribution is 2.37. The van der Waals surface area contributed by atoms with E-state index in [9.17, 15) is 28.1 Å². The first-order valence-electron chi connectivity index (χ1n) is 6.16. The van der Waals surface area contributed by atoms with Crippen LogP contribution in [0, 0.1) is 10.1 Å². The number of hydrogen-bond donors (Lipinski definition) is 1. The summed E-state index contributed by atoms with van der Waals surface area (Å²) in [5, 5.41) is 19.4. The molecule has 0 radical (unpaired) electrons. The molecule has 25 heavy (non-hydrogen) atoms. The molecule has 2 aromatic carbocycles. The van der Waals surface area contributed by atoms with Crippen LogP contribution in [0.3, 0.4) is 0 Å². The minimum Gasteiger partial charge on any atom is -0.477 e. The average Bonchev–Trinajstić information content (AvgIpc) is 2.47. The number of nitro groups is 1. The maximum atomic E-state index is 12.6. The van der Waals surface area contributed by atoms with Crippen molar-refractivity contribution in [1.82, 2.24) is 0 Å². The number of carboxylic acid groups (broad SMARTS) is 1. The molecule has 2 rings (SSSR count). The van der Waals surface area contributed by atoms with Crippen molar-refractivity contribution < 1.29 is 32.7 Å². The van der Waals surface area contributed by atoms with Crippen molar-refractivity contribution in [2.24, 2.45) is 0 Å². The molecule has 0 unspecified atom stereocenters. The average molecular weight is 398 g/mol. The molecule has 0 fully saturated rings. The van der Waals surface area contributed by atoms with E-state index in [0.717, 1.165) is 30.3 Å². The smallest absolute Gasteiger partial charge is 0.416 e. The van der Waals surface area contributed by atoms with Gasteiger partial charge in [-0.1, -0.05) is 11.6 Å². The van der Waals surface area contributed by atoms with Gasteiger partial charge in [-0.2, -0.15) is 13.2 Å². The summed E-state index contributed by atoms with van der Waals surface area (Å²) in [6.45, 7) is 0. The molecule has 0 aliphatic rings. The highest BCUT2D eigenvalue weighted by molar-refractivity contribution is 6.32. The van der Waals surface area contributed by atoms with Gasteiger partial charge in [-0.3, -0.25) is 10.1 Å². The van der Waals surface area contributed by atoms with Gasteiger partial charge in [0.25, 0.3) is 5.69 Å². The standard InChI is InChI=1S/C14H7ClF3NO5.ClH/c15-10-5-7(14(16,17)18)1-4-12(10)24-8-2-3-11(19(22)23)9(6-8)13(20)21;/h1-6H,(H,20,21);1H. The summed E-state index contributed by atoms with van der Waals surface area (Å²) in [4.78, 5) is 20.9. The molecule has 6 nitrogen and oxygen atoms in total. The fourth-order valence-corrected chi connectivity index (χ4v) is 2.02. The first-order valence-corrected chi connectivity index (χ1v) is 6.53. The monoisotopic (exact) mass is 397 g/mol. The first kappa shape index (κ1) is 20.5. The molecule has 0 saturated heterocycles. The third-order valence-electron chi connectivity index (χ3n) is 2.88. The second-order valence-corrected chi connectivity index (χ2v) is 4.89. The zero-order valence-corrected chi connectivity index (χ0v) is 13.5. The van der Waals surface area contributed by atoms with Crippen LogP contribution >= 0.6 is 24.0 Å². The van der Waals surface area contributed by atoms with Crippen LogP contribution in [0.25, 0.3) is 0 Å². The van der Waals surface area contributed by atoms with Crippen molar-refractivity contribution in [2.75, 3.05) is 0 Å². The van der Waals surface area contributed by atoms with Crippen LogP contribution in [0.4, 0.5) is 18.9 Å². The second-order valence-electron chi connectivity index (χ2n) is 4.49. The second kappa shape index (κ2) is 7.58. The quantitative estimate of drug-likeness (QED) is 0.566. The van der Waals surface area contributed by atoms with E-state index in [1.807, 2.05) is 0 Å². The Morgan fingerprint density at radius 3 is 2.32 bits per heavy atom. The number of carboxylic acids is 1. The molecular formula is C14H8Cl2F3NO5. The number of ether oxygens (including phenoxy) is 1. The number of aromatic carboxylic acids is 1. The first-order chi connectivity index (χ1) is 11.1. The molecule has 0 aliphatic heterocycles. The molecule has 0 saturated carbocycles. The lowest BCUT2D eigenvalue weighted by Gasteiger charge is -2.11. The Labute approximate surface area is 149 Å². The molecule has 11 heteroatoms. The number of hydrogen-bond acceptors (Lipinski definition) is 4. The minimum absolute atomic E-state index is 0. The van der Waals surface area contributed by atoms with E-state index in [2.05, 4.69) is 0 Å². The lowest BCUT2D eigenvalue weighted by Crippen LogP contribution is -2.05. The molecule has 0 aliphatic carbocycles. The van der Waals surface area contributed by atoms with Crippen molar-refractivity contribution in [3.63, 3.8) is 0 Å². The van der Waals surface area contributed by atoms with Crippen LogP contribution in [0.5, 0.6) is 11.5 Å². The lowest BCUT2D eigenvalue weighted by molar-refractivity contribution is -0.385. The molecular weight excluding hydrogens is 390 g/mol. The van der Waals surface area contributed by atoms with Crippen molar-refractivity contribution >= 4 is 35.7 Å². The van der Waals surface area contributed by atoms with Gasteiger partial charge in [-0.15, -0.1) is 12.4 Å². The van der Waals surface area contributed by atoms with Gasteiger partial charge in [-0.05, 0) is 24.3 Å². The predicted octanol–water partition coefficient (Wildman–Crippen LogP) is 5.18. The Hall–Kier alpha value is -2.52. The summed E-state index contributed by atoms with van der Waals surface area (Å²) in [5.41, 5.74) is -2.25. The highest BCUT2D eigenvalue weighted by Gasteiger charge is 2.31. The van der Waals surface area contributed by atoms with Crippen molar-refractivity contribution in [1.29, 1.82) is 0 Å². The molecule has 1 N–H and O–H groups in total. The van der Waals surface area contributed by atoms with Crippen molar-refractivity contribution in [3.05, 3.63) is 62.7 Å². The zero-order valence-electron chi connectivity index (χ0n) is 11.9. The van der Waals surface area contributed by atoms with Gasteiger partial charge >= 0.3 is 12.1 Å². The van der Waals surface area contributed by atoms with Crippen molar-refractivity contribution in [3.8, 4) is 11.5 Å². The normalized spacial score (nSPS) is 10.7. The fraction of sp³-hybridized carbons (Fsp3) is 0.0714. The molecule has 0 amide bonds. The van der Waals surface area contributed by atoms with Crippen LogP contribution < -0.4 is 4.74 Å². The third kappa shape index (κ3) is 4.74. The molecule has 134 valence electrons. The van der Waals surface area contributed by atoms with E-state index >= 15 is 0 Å². The third-order valence-corrected chi connectivity index (χ3v) is 3.18. The minimum atomic E-state index is -4.58. The van der Waals surface area contributed by atoms with Gasteiger partial charge in [0, 0.05) is 12.1 Å². The maximum absolute atomic E-state index is 12.6. The van der Waals surface area contributed by atoms with Gasteiger partial charge in [0.05, 0.1) is 15.5 Å². The zero-order chi connectivity index (χ0) is 18.1. The van der Waals surface area contributed by atoms with Gasteiger partial charge in [-0.25, -0.2) is 4.79 Å². The molecule has 2 aromatic rings. The van der Waals surface area contributed by atoms with E-state index < -0.39 is 33.9 Å². The van der Waals surface area contributed by atoms with E-state index in [4.69, 9.17) is 21.4 Å². The Balaban J connectivity index is 0.00000312. The van der Waals surface area contributed by atoms with E-state index in [1.54, 1.807) is 0 Å². The Morgan fingerprint density at radius 2 is 1.84 bits per heavy atom. The van der Waals surface area contributed by atoms with E-state index in [0.29, 0.717) is 6.07 Å². The number of carbonyl (C=O) groups is 1. The number of halogens is 5. The molecule has 0 bridgehead atoms. The van der Waals surface area contributed by atoms with Crippen LogP contribution in [-0.4, -0.2) is 16.0 Å². The summed E-state index contributed by atoms with van der Waals surface area (Å²) in [5.74, 6) is -1.83. The summed E-state index contributed by atoms with van der Waals surface area (Å²) in [7, 11) is 0. The lowest BCUT2D eigenvalue weighted by atomic mass is 10.1. The summed E-state index contributed by atoms with van der Waals surface area (Å²) in [6.07, 6.45) is -4.58. The number of nitrogens with zero attached hydrogens (tertiary/aromatic N) is 1. The number of nitro benzene ring substituents is 1. The SMILES string of the molecule is Cl.O=C(O)c1cc(Oc2ccc(C(F)(F)F)cc2Cl)ccc1[N+](=O)[O-]. The Bertz CT molecular complexity index is 827. The molecule has 0 spiro atoms. The maximum Gasteiger partial charge on any atom is 0.416 e. The molecule has 0 atom stereocenters. The molecule has 0 aromatic heterocycles. The van der Waals surface area contributed by atoms with Gasteiger partial charge in [0.1, 0.15) is 17.1 Å². The largest absolute Gasteiger partial charge is 0.477 e. The number of rotatable bonds is 4. The summed E-state index contributed by atoms with van der Waals surface area (Å²) >= 11 is 5.72. The van der Waals surface area contributed by atoms with Crippen LogP contribution in [0.2, 0.25) is 5.02 Å². The van der Waals surface area contributed by atoms with Crippen molar-refractivity contribution in [2.45, 2.75) is 6.18 Å². The number of alkyl halides is 3. The van der Waals surface area contributed by atoms with Gasteiger partial charge in [0.2, 0.25) is 0 Å². The summed E-state index contributed by atoms with van der Waals surface area (Å²) < 4.78 is 42.9. The Kier molecular flexibility index (Phi) is 6.22. The predicted molar refractivity (Wildman–Crippen MR) is 83.8 cm³/mol. The van der Waals surface area contributed by atoms with Crippen LogP contribution in [-0.2, 0) is 6.18 Å². The topological polar surface area (TPSA) is 89.7 Å². The van der Waals surface area contributed by atoms with E-state index in [-0.39, 0.29) is 28.9 Å². The molecule has 0 heterocycles. The number of benzene rings is 2.